The Morgan fingerprint density at radius 3 is 2.84 bits per heavy atom. The summed E-state index contributed by atoms with van der Waals surface area (Å²) >= 11 is 5.95. The molecule has 1 aliphatic rings. The highest BCUT2D eigenvalue weighted by Gasteiger charge is 2.17. The van der Waals surface area contributed by atoms with Crippen LogP contribution in [0.15, 0.2) is 18.2 Å². The van der Waals surface area contributed by atoms with Crippen LogP contribution < -0.4 is 10.1 Å². The predicted molar refractivity (Wildman–Crippen MR) is 77.2 cm³/mol. The molecule has 0 amide bonds. The number of carbonyl (C=O) groups is 1. The highest BCUT2D eigenvalue weighted by molar-refractivity contribution is 6.31. The maximum absolute atomic E-state index is 12.3. The van der Waals surface area contributed by atoms with Gasteiger partial charge in [0.1, 0.15) is 5.75 Å². The van der Waals surface area contributed by atoms with Crippen molar-refractivity contribution in [2.24, 2.45) is 5.92 Å². The number of rotatable bonds is 5. The van der Waals surface area contributed by atoms with Crippen LogP contribution in [0.2, 0.25) is 5.02 Å². The van der Waals surface area contributed by atoms with Crippen LogP contribution in [0.5, 0.6) is 5.75 Å². The average Bonchev–Trinajstić information content (AvgIpc) is 2.46. The van der Waals surface area contributed by atoms with Crippen molar-refractivity contribution in [1.82, 2.24) is 5.32 Å². The van der Waals surface area contributed by atoms with Crippen LogP contribution in [0.1, 0.15) is 36.0 Å². The first kappa shape index (κ1) is 14.4. The zero-order valence-electron chi connectivity index (χ0n) is 11.2. The van der Waals surface area contributed by atoms with Crippen LogP contribution in [0.3, 0.4) is 0 Å². The first-order valence-electron chi connectivity index (χ1n) is 6.78. The lowest BCUT2D eigenvalue weighted by Crippen LogP contribution is -2.28. The number of hydrogen-bond donors (Lipinski definition) is 1. The van der Waals surface area contributed by atoms with Gasteiger partial charge in [0.2, 0.25) is 0 Å². The predicted octanol–water partition coefficient (Wildman–Crippen LogP) is 3.31. The van der Waals surface area contributed by atoms with E-state index in [2.05, 4.69) is 5.32 Å². The molecule has 0 radical (unpaired) electrons. The highest BCUT2D eigenvalue weighted by Crippen LogP contribution is 2.26. The van der Waals surface area contributed by atoms with E-state index < -0.39 is 0 Å². The normalized spacial score (nSPS) is 16.3. The van der Waals surface area contributed by atoms with E-state index in [-0.39, 0.29) is 5.78 Å². The van der Waals surface area contributed by atoms with Gasteiger partial charge < -0.3 is 10.1 Å². The van der Waals surface area contributed by atoms with Gasteiger partial charge >= 0.3 is 0 Å². The van der Waals surface area contributed by atoms with Crippen LogP contribution in [0.4, 0.5) is 0 Å². The SMILES string of the molecule is COc1ccc(Cl)cc1C(=O)CCC1CCNCC1. The molecule has 3 nitrogen and oxygen atoms in total. The third-order valence-electron chi connectivity index (χ3n) is 3.70. The van der Waals surface area contributed by atoms with E-state index in [9.17, 15) is 4.79 Å². The first-order valence-corrected chi connectivity index (χ1v) is 7.16. The summed E-state index contributed by atoms with van der Waals surface area (Å²) in [5, 5.41) is 3.91. The third-order valence-corrected chi connectivity index (χ3v) is 3.94. The summed E-state index contributed by atoms with van der Waals surface area (Å²) in [6.07, 6.45) is 3.86. The lowest BCUT2D eigenvalue weighted by Gasteiger charge is -2.22. The molecule has 1 aromatic rings. The van der Waals surface area contributed by atoms with Crippen molar-refractivity contribution in [2.45, 2.75) is 25.7 Å². The number of carbonyl (C=O) groups excluding carboxylic acids is 1. The number of ketones is 1. The monoisotopic (exact) mass is 281 g/mol. The van der Waals surface area contributed by atoms with Crippen LogP contribution in [-0.4, -0.2) is 26.0 Å². The first-order chi connectivity index (χ1) is 9.20. The second-order valence-electron chi connectivity index (χ2n) is 5.00. The van der Waals surface area contributed by atoms with E-state index in [1.54, 1.807) is 25.3 Å². The Morgan fingerprint density at radius 1 is 1.42 bits per heavy atom. The van der Waals surface area contributed by atoms with Gasteiger partial charge in [-0.2, -0.15) is 0 Å². The minimum Gasteiger partial charge on any atom is -0.496 e. The van der Waals surface area contributed by atoms with E-state index in [0.29, 0.717) is 28.7 Å². The van der Waals surface area contributed by atoms with Crippen molar-refractivity contribution < 1.29 is 9.53 Å². The molecule has 1 fully saturated rings. The molecule has 104 valence electrons. The van der Waals surface area contributed by atoms with E-state index >= 15 is 0 Å². The number of hydrogen-bond acceptors (Lipinski definition) is 3. The van der Waals surface area contributed by atoms with Crippen LogP contribution >= 0.6 is 11.6 Å². The lowest BCUT2D eigenvalue weighted by atomic mass is 9.91. The molecule has 0 spiro atoms. The molecule has 1 N–H and O–H groups in total. The number of ether oxygens (including phenoxy) is 1. The number of methoxy groups -OCH3 is 1. The second kappa shape index (κ2) is 6.92. The Morgan fingerprint density at radius 2 is 2.16 bits per heavy atom. The minimum atomic E-state index is 0.123. The van der Waals surface area contributed by atoms with Gasteiger partial charge in [-0.25, -0.2) is 0 Å². The summed E-state index contributed by atoms with van der Waals surface area (Å²) in [7, 11) is 1.58. The lowest BCUT2D eigenvalue weighted by molar-refractivity contribution is 0.0968. The van der Waals surface area contributed by atoms with Gasteiger partial charge in [0.15, 0.2) is 5.78 Å². The highest BCUT2D eigenvalue weighted by atomic mass is 35.5. The summed E-state index contributed by atoms with van der Waals surface area (Å²) < 4.78 is 5.22. The summed E-state index contributed by atoms with van der Waals surface area (Å²) in [4.78, 5) is 12.3. The standard InChI is InChI=1S/C15H20ClNO2/c1-19-15-5-3-12(16)10-13(15)14(18)4-2-11-6-8-17-9-7-11/h3,5,10-11,17H,2,4,6-9H2,1H3. The van der Waals surface area contributed by atoms with Crippen molar-refractivity contribution in [1.29, 1.82) is 0 Å². The molecule has 19 heavy (non-hydrogen) atoms. The van der Waals surface area contributed by atoms with Gasteiger partial charge in [-0.3, -0.25) is 4.79 Å². The Bertz CT molecular complexity index is 442. The van der Waals surface area contributed by atoms with E-state index in [1.807, 2.05) is 0 Å². The third kappa shape index (κ3) is 3.95. The minimum absolute atomic E-state index is 0.123. The smallest absolute Gasteiger partial charge is 0.166 e. The molecular formula is C15H20ClNO2. The maximum atomic E-state index is 12.3. The summed E-state index contributed by atoms with van der Waals surface area (Å²) in [5.74, 6) is 1.40. The van der Waals surface area contributed by atoms with E-state index in [4.69, 9.17) is 16.3 Å². The summed E-state index contributed by atoms with van der Waals surface area (Å²) in [6.45, 7) is 2.14. The molecule has 2 rings (SSSR count). The molecule has 0 atom stereocenters. The van der Waals surface area contributed by atoms with Crippen molar-refractivity contribution in [3.8, 4) is 5.75 Å². The fourth-order valence-corrected chi connectivity index (χ4v) is 2.71. The Labute approximate surface area is 119 Å². The van der Waals surface area contributed by atoms with E-state index in [0.717, 1.165) is 19.5 Å². The molecule has 0 unspecified atom stereocenters. The Kier molecular flexibility index (Phi) is 5.23. The van der Waals surface area contributed by atoms with Crippen molar-refractivity contribution in [2.75, 3.05) is 20.2 Å². The molecular weight excluding hydrogens is 262 g/mol. The fourth-order valence-electron chi connectivity index (χ4n) is 2.54. The van der Waals surface area contributed by atoms with Crippen molar-refractivity contribution in [3.63, 3.8) is 0 Å². The molecule has 0 bridgehead atoms. The topological polar surface area (TPSA) is 38.3 Å². The summed E-state index contributed by atoms with van der Waals surface area (Å²) in [5.41, 5.74) is 0.601. The number of Topliss-reactive ketones (excluding diaryl/α,β-unsaturated/α-hetero) is 1. The van der Waals surface area contributed by atoms with Gasteiger partial charge in [-0.05, 0) is 56.5 Å². The maximum Gasteiger partial charge on any atom is 0.166 e. The zero-order valence-corrected chi connectivity index (χ0v) is 12.0. The number of piperidine rings is 1. The van der Waals surface area contributed by atoms with Crippen molar-refractivity contribution in [3.05, 3.63) is 28.8 Å². The van der Waals surface area contributed by atoms with Gasteiger partial charge in [0.25, 0.3) is 0 Å². The molecule has 0 aliphatic carbocycles. The number of benzene rings is 1. The molecule has 4 heteroatoms. The quantitative estimate of drug-likeness (QED) is 0.842. The Hall–Kier alpha value is -1.06. The number of nitrogens with one attached hydrogen (secondary N) is 1. The van der Waals surface area contributed by atoms with Crippen LogP contribution in [0.25, 0.3) is 0 Å². The Balaban J connectivity index is 1.97. The largest absolute Gasteiger partial charge is 0.496 e. The molecule has 1 heterocycles. The van der Waals surface area contributed by atoms with Crippen LogP contribution in [0, 0.1) is 5.92 Å². The fraction of sp³-hybridized carbons (Fsp3) is 0.533. The van der Waals surface area contributed by atoms with Crippen molar-refractivity contribution >= 4 is 17.4 Å². The van der Waals surface area contributed by atoms with Gasteiger partial charge in [-0.15, -0.1) is 0 Å². The van der Waals surface area contributed by atoms with Gasteiger partial charge in [0, 0.05) is 11.4 Å². The second-order valence-corrected chi connectivity index (χ2v) is 5.44. The van der Waals surface area contributed by atoms with Gasteiger partial charge in [0.05, 0.1) is 12.7 Å². The average molecular weight is 282 g/mol. The molecule has 1 aliphatic heterocycles. The van der Waals surface area contributed by atoms with E-state index in [1.165, 1.54) is 12.8 Å². The molecule has 1 saturated heterocycles. The summed E-state index contributed by atoms with van der Waals surface area (Å²) in [6, 6.07) is 5.19. The molecule has 0 aromatic heterocycles. The van der Waals surface area contributed by atoms with Gasteiger partial charge in [-0.1, -0.05) is 11.6 Å². The number of halogens is 1. The zero-order chi connectivity index (χ0) is 13.7. The molecule has 0 saturated carbocycles. The molecule has 1 aromatic carbocycles. The van der Waals surface area contributed by atoms with Crippen LogP contribution in [-0.2, 0) is 0 Å².